The van der Waals surface area contributed by atoms with Crippen molar-refractivity contribution in [3.05, 3.63) is 172 Å². The number of likely N-dealkylation sites (tertiary alicyclic amines) is 2. The first-order chi connectivity index (χ1) is 36.1. The molecule has 12 aliphatic heterocycles. The van der Waals surface area contributed by atoms with E-state index in [1.54, 1.807) is 42.4 Å². The van der Waals surface area contributed by atoms with Crippen LogP contribution >= 0.6 is 0 Å². The van der Waals surface area contributed by atoms with Gasteiger partial charge >= 0.3 is 0 Å². The molecule has 2 amide bonds. The second kappa shape index (κ2) is 15.8. The fourth-order valence-electron chi connectivity index (χ4n) is 18.1. The Morgan fingerprint density at radius 1 is 0.520 bits per heavy atom. The van der Waals surface area contributed by atoms with Crippen LogP contribution in [-0.4, -0.2) is 105 Å². The highest BCUT2D eigenvalue weighted by atomic mass is 32.2. The Labute approximate surface area is 442 Å². The molecule has 2 unspecified atom stereocenters. The number of benzene rings is 5. The number of allylic oxidation sites excluding steroid dienone is 2. The van der Waals surface area contributed by atoms with Crippen molar-refractivity contribution in [2.45, 2.75) is 131 Å². The number of sulfonamides is 1. The van der Waals surface area contributed by atoms with Crippen molar-refractivity contribution >= 4 is 44.6 Å². The Balaban J connectivity index is 0.000000142. The lowest BCUT2D eigenvalue weighted by Crippen LogP contribution is -2.75. The quantitative estimate of drug-likeness (QED) is 0.177. The molecule has 4 saturated heterocycles. The Morgan fingerprint density at radius 2 is 1.00 bits per heavy atom. The highest BCUT2D eigenvalue weighted by Gasteiger charge is 2.79. The van der Waals surface area contributed by atoms with Gasteiger partial charge in [0, 0.05) is 82.0 Å². The normalized spacial score (nSPS) is 33.8. The van der Waals surface area contributed by atoms with Crippen LogP contribution in [0, 0.1) is 0 Å². The van der Waals surface area contributed by atoms with E-state index in [9.17, 15) is 18.0 Å². The third-order valence-corrected chi connectivity index (χ3v) is 21.9. The van der Waals surface area contributed by atoms with Crippen LogP contribution in [0.3, 0.4) is 0 Å². The third kappa shape index (κ3) is 5.52. The molecule has 17 rings (SSSR count). The number of amides is 2. The van der Waals surface area contributed by atoms with Crippen LogP contribution in [0.25, 0.3) is 0 Å². The lowest BCUT2D eigenvalue weighted by molar-refractivity contribution is -0.140. The van der Waals surface area contributed by atoms with Gasteiger partial charge in [0.25, 0.3) is 10.0 Å². The molecule has 1 N–H and O–H groups in total. The first-order valence-corrected chi connectivity index (χ1v) is 28.7. The highest BCUT2D eigenvalue weighted by Crippen LogP contribution is 2.74. The number of fused-ring (bicyclic) bond motifs is 4. The van der Waals surface area contributed by atoms with Gasteiger partial charge in [0.1, 0.15) is 12.3 Å². The van der Waals surface area contributed by atoms with Gasteiger partial charge in [0.15, 0.2) is 0 Å². The monoisotopic (exact) mass is 1020 g/mol. The van der Waals surface area contributed by atoms with E-state index < -0.39 is 27.0 Å². The van der Waals surface area contributed by atoms with E-state index in [2.05, 4.69) is 155 Å². The van der Waals surface area contributed by atoms with Gasteiger partial charge in [-0.25, -0.2) is 12.7 Å². The highest BCUT2D eigenvalue weighted by molar-refractivity contribution is 7.92. The molecule has 12 aliphatic rings. The van der Waals surface area contributed by atoms with Crippen LogP contribution in [0.2, 0.25) is 0 Å². The van der Waals surface area contributed by atoms with Crippen molar-refractivity contribution in [1.29, 1.82) is 0 Å². The molecule has 0 aliphatic carbocycles. The maximum Gasteiger partial charge on any atom is 0.266 e. The molecule has 12 heterocycles. The van der Waals surface area contributed by atoms with Gasteiger partial charge in [0.05, 0.1) is 45.8 Å². The van der Waals surface area contributed by atoms with Crippen molar-refractivity contribution < 1.29 is 18.0 Å². The number of likely N-dealkylation sites (N-methyl/N-ethyl adjacent to an activating group) is 2. The molecule has 75 heavy (non-hydrogen) atoms. The first kappa shape index (κ1) is 47.1. The zero-order valence-corrected chi connectivity index (χ0v) is 45.2. The number of nitrogens with zero attached hydrogens (tertiary/aromatic N) is 7. The van der Waals surface area contributed by atoms with Crippen LogP contribution in [0.4, 0.5) is 22.7 Å². The van der Waals surface area contributed by atoms with Gasteiger partial charge in [-0.3, -0.25) is 19.4 Å². The minimum Gasteiger partial charge on any atom is -0.364 e. The molecule has 13 heteroatoms. The number of nitrogens with one attached hydrogen (secondary N) is 1. The Hall–Kier alpha value is -6.41. The summed E-state index contributed by atoms with van der Waals surface area (Å²) in [5.41, 5.74) is 13.6. The van der Waals surface area contributed by atoms with Crippen LogP contribution in [0.15, 0.2) is 143 Å². The summed E-state index contributed by atoms with van der Waals surface area (Å²) >= 11 is 0. The second-order valence-corrected chi connectivity index (χ2v) is 25.5. The van der Waals surface area contributed by atoms with E-state index >= 15 is 0 Å². The predicted octanol–water partition coefficient (Wildman–Crippen LogP) is 9.52. The molecule has 0 aromatic heterocycles. The second-order valence-electron chi connectivity index (χ2n) is 23.7. The van der Waals surface area contributed by atoms with Crippen LogP contribution in [0.1, 0.15) is 113 Å². The lowest BCUT2D eigenvalue weighted by Gasteiger charge is -2.63. The SMILES string of the molecule is CC(=O)N1CC[C@@]23c4ccccc4N(S(=O)(=O)c4ccccc4)[C@@H]4N(C)c5cccc6c5[C@@]42CCN([C@@H]6C=C(C)C)[C@@H]13.CC(=O)N1CC[C@@]23c4ccccc4N[C@@H]4N(C)c5cccc6c5[C@@]42CCN([C@@H]6C=C(C)C)[C@@H]13. The smallest absolute Gasteiger partial charge is 0.266 e. The zero-order valence-electron chi connectivity index (χ0n) is 44.4. The molecular weight excluding hydrogens is 953 g/mol. The fourth-order valence-corrected chi connectivity index (χ4v) is 19.8. The number of anilines is 4. The van der Waals surface area contributed by atoms with Crippen molar-refractivity contribution in [2.24, 2.45) is 0 Å². The third-order valence-electron chi connectivity index (χ3n) is 20.2. The summed E-state index contributed by atoms with van der Waals surface area (Å²) in [5, 5.41) is 3.99. The van der Waals surface area contributed by atoms with Crippen molar-refractivity contribution in [2.75, 3.05) is 59.7 Å². The number of hydrogen-bond donors (Lipinski definition) is 1. The molecule has 0 saturated carbocycles. The summed E-state index contributed by atoms with van der Waals surface area (Å²) in [6, 6.07) is 39.4. The molecule has 5 aromatic carbocycles. The van der Waals surface area contributed by atoms with E-state index in [4.69, 9.17) is 0 Å². The largest absolute Gasteiger partial charge is 0.364 e. The molecule has 12 nitrogen and oxygen atoms in total. The number of carbonyl (C=O) groups excluding carboxylic acids is 2. The Morgan fingerprint density at radius 3 is 1.59 bits per heavy atom. The minimum atomic E-state index is -3.94. The van der Waals surface area contributed by atoms with Crippen LogP contribution < -0.4 is 19.4 Å². The number of para-hydroxylation sites is 2. The number of rotatable bonds is 4. The molecule has 386 valence electrons. The van der Waals surface area contributed by atoms with Gasteiger partial charge in [-0.15, -0.1) is 0 Å². The Kier molecular flexibility index (Phi) is 9.94. The number of hydrogen-bond acceptors (Lipinski definition) is 9. The van der Waals surface area contributed by atoms with Crippen molar-refractivity contribution in [3.8, 4) is 0 Å². The van der Waals surface area contributed by atoms with E-state index in [0.717, 1.165) is 62.3 Å². The molecule has 4 bridgehead atoms. The van der Waals surface area contributed by atoms with Gasteiger partial charge in [-0.05, 0) is 123 Å². The van der Waals surface area contributed by atoms with Crippen LogP contribution in [-0.2, 0) is 41.3 Å². The lowest BCUT2D eigenvalue weighted by atomic mass is 9.50. The topological polar surface area (TPSA) is 103 Å². The van der Waals surface area contributed by atoms with Crippen molar-refractivity contribution in [1.82, 2.24) is 19.6 Å². The molecule has 0 radical (unpaired) electrons. The standard InChI is InChI=1S/C34H36N4O3S.C28H32N4O/c1-22(2)21-29-25-13-10-16-28-30(25)34-18-20-37(29)32-33(34,17-19-36(32)23(3)39)26-14-8-9-15-27(26)38(31(34)35(28)4)42(40,41)24-11-6-5-7-12-24;1-17(2)16-23-19-8-7-11-22-24(19)28-13-15-32(23)26-27(28,12-14-31(26)18(3)33)20-9-5-6-10-21(20)29-25(28)30(22)4/h5-16,21,29,31-32H,17-20H2,1-4H3;5-11,16,23,25-26,29H,12-15H2,1-4H3/t29-,31+,32-,33+,34+;23-,25-,26-,27+,28+/m11/s1. The van der Waals surface area contributed by atoms with Gasteiger partial charge in [0.2, 0.25) is 11.8 Å². The van der Waals surface area contributed by atoms with Gasteiger partial charge in [-0.2, -0.15) is 0 Å². The summed E-state index contributed by atoms with van der Waals surface area (Å²) in [6.45, 7) is 15.3. The molecule has 4 fully saturated rings. The molecule has 4 spiro atoms. The molecule has 5 aromatic rings. The predicted molar refractivity (Wildman–Crippen MR) is 295 cm³/mol. The van der Waals surface area contributed by atoms with E-state index in [-0.39, 0.29) is 53.2 Å². The van der Waals surface area contributed by atoms with E-state index in [1.807, 2.05) is 24.3 Å². The Bertz CT molecular complexity index is 3460. The number of carbonyl (C=O) groups is 2. The van der Waals surface area contributed by atoms with Crippen molar-refractivity contribution in [3.63, 3.8) is 0 Å². The number of piperidine rings is 2. The molecular formula is C62H68N8O4S. The summed E-state index contributed by atoms with van der Waals surface area (Å²) in [6.07, 6.45) is 8.04. The fraction of sp³-hybridized carbons (Fsp3) is 0.419. The maximum absolute atomic E-state index is 14.8. The van der Waals surface area contributed by atoms with Crippen LogP contribution in [0.5, 0.6) is 0 Å². The minimum absolute atomic E-state index is 0.0183. The van der Waals surface area contributed by atoms with Gasteiger partial charge in [-0.1, -0.05) is 102 Å². The van der Waals surface area contributed by atoms with E-state index in [1.165, 1.54) is 50.3 Å². The summed E-state index contributed by atoms with van der Waals surface area (Å²) < 4.78 is 31.4. The first-order valence-electron chi connectivity index (χ1n) is 27.2. The average molecular weight is 1020 g/mol. The summed E-state index contributed by atoms with van der Waals surface area (Å²) in [7, 11) is 0.376. The van der Waals surface area contributed by atoms with Gasteiger partial charge < -0.3 is 24.9 Å². The average Bonchev–Trinajstić information content (AvgIpc) is 4.29. The maximum atomic E-state index is 14.8. The summed E-state index contributed by atoms with van der Waals surface area (Å²) in [5.74, 6) is 0.265. The zero-order chi connectivity index (χ0) is 51.9. The van der Waals surface area contributed by atoms with E-state index in [0.29, 0.717) is 11.4 Å². The molecule has 12 atom stereocenters. The summed E-state index contributed by atoms with van der Waals surface area (Å²) in [4.78, 5) is 41.0.